The van der Waals surface area contributed by atoms with Crippen molar-refractivity contribution >= 4 is 27.5 Å². The first-order valence-corrected chi connectivity index (χ1v) is 8.56. The standard InChI is InChI=1S/C17H22BrN3O/c1-13-10-14(6-7-15(13)18)20-11-16(22)21-17(12-19)8-4-2-3-5-9-17/h6-7,10,20H,2-5,8-9,11H2,1H3,(H,21,22). The maximum Gasteiger partial charge on any atom is 0.240 e. The predicted molar refractivity (Wildman–Crippen MR) is 91.6 cm³/mol. The van der Waals surface area contributed by atoms with Crippen molar-refractivity contribution < 1.29 is 4.79 Å². The molecule has 0 unspecified atom stereocenters. The predicted octanol–water partition coefficient (Wildman–Crippen LogP) is 3.90. The van der Waals surface area contributed by atoms with Crippen LogP contribution in [0.25, 0.3) is 0 Å². The van der Waals surface area contributed by atoms with Crippen LogP contribution < -0.4 is 10.6 Å². The Morgan fingerprint density at radius 3 is 2.59 bits per heavy atom. The van der Waals surface area contributed by atoms with Gasteiger partial charge in [0.05, 0.1) is 12.6 Å². The van der Waals surface area contributed by atoms with E-state index in [0.29, 0.717) is 0 Å². The monoisotopic (exact) mass is 363 g/mol. The van der Waals surface area contributed by atoms with Gasteiger partial charge in [-0.25, -0.2) is 0 Å². The normalized spacial score (nSPS) is 17.1. The highest BCUT2D eigenvalue weighted by Gasteiger charge is 2.32. The van der Waals surface area contributed by atoms with E-state index < -0.39 is 5.54 Å². The molecule has 1 aliphatic carbocycles. The largest absolute Gasteiger partial charge is 0.376 e. The molecule has 1 aromatic rings. The number of carbonyl (C=O) groups is 1. The van der Waals surface area contributed by atoms with Crippen molar-refractivity contribution in [1.82, 2.24) is 5.32 Å². The summed E-state index contributed by atoms with van der Waals surface area (Å²) < 4.78 is 1.05. The summed E-state index contributed by atoms with van der Waals surface area (Å²) in [7, 11) is 0. The second-order valence-electron chi connectivity index (χ2n) is 5.97. The summed E-state index contributed by atoms with van der Waals surface area (Å²) in [5.41, 5.74) is 1.34. The highest BCUT2D eigenvalue weighted by atomic mass is 79.9. The fraction of sp³-hybridized carbons (Fsp3) is 0.529. The van der Waals surface area contributed by atoms with Crippen LogP contribution >= 0.6 is 15.9 Å². The number of hydrogen-bond acceptors (Lipinski definition) is 3. The van der Waals surface area contributed by atoms with Crippen LogP contribution in [0.2, 0.25) is 0 Å². The number of hydrogen-bond donors (Lipinski definition) is 2. The molecule has 22 heavy (non-hydrogen) atoms. The van der Waals surface area contributed by atoms with Crippen molar-refractivity contribution in [3.8, 4) is 6.07 Å². The topological polar surface area (TPSA) is 64.9 Å². The Labute approximate surface area is 140 Å². The lowest BCUT2D eigenvalue weighted by atomic mass is 9.92. The molecular weight excluding hydrogens is 342 g/mol. The molecule has 1 saturated carbocycles. The van der Waals surface area contributed by atoms with Gasteiger partial charge in [-0.3, -0.25) is 4.79 Å². The van der Waals surface area contributed by atoms with E-state index in [-0.39, 0.29) is 12.5 Å². The molecule has 2 N–H and O–H groups in total. The maximum atomic E-state index is 12.2. The van der Waals surface area contributed by atoms with Gasteiger partial charge in [0.2, 0.25) is 5.91 Å². The van der Waals surface area contributed by atoms with Crippen LogP contribution in [0.5, 0.6) is 0 Å². The zero-order chi connectivity index (χ0) is 16.0. The maximum absolute atomic E-state index is 12.2. The third kappa shape index (κ3) is 4.48. The van der Waals surface area contributed by atoms with Crippen LogP contribution in [-0.2, 0) is 4.79 Å². The minimum atomic E-state index is -0.676. The number of nitrogens with one attached hydrogen (secondary N) is 2. The van der Waals surface area contributed by atoms with Crippen molar-refractivity contribution in [3.63, 3.8) is 0 Å². The van der Waals surface area contributed by atoms with Gasteiger partial charge in [-0.2, -0.15) is 5.26 Å². The minimum absolute atomic E-state index is 0.121. The number of amides is 1. The number of rotatable bonds is 4. The molecule has 4 nitrogen and oxygen atoms in total. The van der Waals surface area contributed by atoms with Gasteiger partial charge >= 0.3 is 0 Å². The summed E-state index contributed by atoms with van der Waals surface area (Å²) >= 11 is 3.46. The molecule has 0 saturated heterocycles. The molecule has 0 spiro atoms. The van der Waals surface area contributed by atoms with Crippen LogP contribution in [-0.4, -0.2) is 18.0 Å². The summed E-state index contributed by atoms with van der Waals surface area (Å²) in [6, 6.07) is 8.21. The molecule has 0 radical (unpaired) electrons. The van der Waals surface area contributed by atoms with Crippen LogP contribution in [0.4, 0.5) is 5.69 Å². The lowest BCUT2D eigenvalue weighted by molar-refractivity contribution is -0.120. The molecule has 0 heterocycles. The fourth-order valence-corrected chi connectivity index (χ4v) is 3.09. The Morgan fingerprint density at radius 2 is 2.00 bits per heavy atom. The highest BCUT2D eigenvalue weighted by molar-refractivity contribution is 9.10. The van der Waals surface area contributed by atoms with Crippen molar-refractivity contribution in [1.29, 1.82) is 5.26 Å². The molecule has 0 bridgehead atoms. The second-order valence-corrected chi connectivity index (χ2v) is 6.83. The number of nitrogens with zero attached hydrogens (tertiary/aromatic N) is 1. The molecule has 1 aromatic carbocycles. The number of carbonyl (C=O) groups excluding carboxylic acids is 1. The smallest absolute Gasteiger partial charge is 0.240 e. The third-order valence-corrected chi connectivity index (χ3v) is 5.05. The molecule has 118 valence electrons. The van der Waals surface area contributed by atoms with Crippen molar-refractivity contribution in [3.05, 3.63) is 28.2 Å². The Hall–Kier alpha value is -1.54. The Balaban J connectivity index is 1.91. The number of aryl methyl sites for hydroxylation is 1. The third-order valence-electron chi connectivity index (χ3n) is 4.16. The van der Waals surface area contributed by atoms with Crippen LogP contribution in [0, 0.1) is 18.3 Å². The zero-order valence-corrected chi connectivity index (χ0v) is 14.5. The first-order valence-electron chi connectivity index (χ1n) is 7.77. The fourth-order valence-electron chi connectivity index (χ4n) is 2.84. The van der Waals surface area contributed by atoms with Gasteiger partial charge in [0.25, 0.3) is 0 Å². The Kier molecular flexibility index (Phi) is 5.84. The molecule has 1 aliphatic rings. The average Bonchev–Trinajstić information content (AvgIpc) is 2.74. The van der Waals surface area contributed by atoms with Crippen molar-refractivity contribution in [2.75, 3.05) is 11.9 Å². The Bertz CT molecular complexity index is 572. The Morgan fingerprint density at radius 1 is 1.32 bits per heavy atom. The lowest BCUT2D eigenvalue weighted by Crippen LogP contribution is -2.48. The molecule has 0 aromatic heterocycles. The number of halogens is 1. The summed E-state index contributed by atoms with van der Waals surface area (Å²) in [5.74, 6) is -0.121. The van der Waals surface area contributed by atoms with E-state index in [2.05, 4.69) is 32.6 Å². The van der Waals surface area contributed by atoms with Crippen LogP contribution in [0.3, 0.4) is 0 Å². The van der Waals surface area contributed by atoms with E-state index in [4.69, 9.17) is 0 Å². The van der Waals surface area contributed by atoms with E-state index in [1.54, 1.807) is 0 Å². The van der Waals surface area contributed by atoms with Crippen LogP contribution in [0.1, 0.15) is 44.1 Å². The first kappa shape index (κ1) is 16.8. The zero-order valence-electron chi connectivity index (χ0n) is 12.9. The van der Waals surface area contributed by atoms with E-state index >= 15 is 0 Å². The van der Waals surface area contributed by atoms with E-state index in [9.17, 15) is 10.1 Å². The highest BCUT2D eigenvalue weighted by Crippen LogP contribution is 2.26. The summed E-state index contributed by atoms with van der Waals surface area (Å²) in [4.78, 5) is 12.2. The summed E-state index contributed by atoms with van der Waals surface area (Å²) in [6.45, 7) is 2.19. The van der Waals surface area contributed by atoms with E-state index in [1.807, 2.05) is 25.1 Å². The SMILES string of the molecule is Cc1cc(NCC(=O)NC2(C#N)CCCCCC2)ccc1Br. The van der Waals surface area contributed by atoms with Crippen molar-refractivity contribution in [2.24, 2.45) is 0 Å². The van der Waals surface area contributed by atoms with Crippen molar-refractivity contribution in [2.45, 2.75) is 51.0 Å². The molecule has 0 aliphatic heterocycles. The van der Waals surface area contributed by atoms with Gasteiger partial charge in [-0.05, 0) is 43.5 Å². The minimum Gasteiger partial charge on any atom is -0.376 e. The molecule has 5 heteroatoms. The number of nitriles is 1. The number of benzene rings is 1. The van der Waals surface area contributed by atoms with Gasteiger partial charge in [-0.1, -0.05) is 41.6 Å². The van der Waals surface area contributed by atoms with E-state index in [0.717, 1.165) is 54.2 Å². The van der Waals surface area contributed by atoms with Crippen LogP contribution in [0.15, 0.2) is 22.7 Å². The molecule has 1 amide bonds. The molecule has 1 fully saturated rings. The molecule has 2 rings (SSSR count). The average molecular weight is 364 g/mol. The lowest BCUT2D eigenvalue weighted by Gasteiger charge is -2.26. The van der Waals surface area contributed by atoms with E-state index in [1.165, 1.54) is 0 Å². The second kappa shape index (κ2) is 7.64. The molecule has 0 atom stereocenters. The molecular formula is C17H22BrN3O. The van der Waals surface area contributed by atoms with Gasteiger partial charge in [0.15, 0.2) is 0 Å². The van der Waals surface area contributed by atoms with Gasteiger partial charge in [0, 0.05) is 10.2 Å². The first-order chi connectivity index (χ1) is 10.5. The summed E-state index contributed by atoms with van der Waals surface area (Å²) in [6.07, 6.45) is 5.82. The summed E-state index contributed by atoms with van der Waals surface area (Å²) in [5, 5.41) is 15.5. The quantitative estimate of drug-likeness (QED) is 0.797. The van der Waals surface area contributed by atoms with Gasteiger partial charge < -0.3 is 10.6 Å². The number of anilines is 1. The van der Waals surface area contributed by atoms with Gasteiger partial charge in [-0.15, -0.1) is 0 Å². The van der Waals surface area contributed by atoms with Gasteiger partial charge in [0.1, 0.15) is 5.54 Å².